The molecule has 9 heavy (non-hydrogen) atoms. The van der Waals surface area contributed by atoms with Gasteiger partial charge in [-0.3, -0.25) is 4.79 Å². The first-order chi connectivity index (χ1) is 3.80. The molecule has 0 radical (unpaired) electrons. The Morgan fingerprint density at radius 1 is 1.67 bits per heavy atom. The van der Waals surface area contributed by atoms with Gasteiger partial charge < -0.3 is 10.7 Å². The van der Waals surface area contributed by atoms with E-state index >= 15 is 0 Å². The second-order valence-electron chi connectivity index (χ2n) is 1.45. The smallest absolute Gasteiger partial charge is 0.265 e. The van der Waals surface area contributed by atoms with E-state index in [0.29, 0.717) is 5.69 Å². The van der Waals surface area contributed by atoms with Crippen LogP contribution in [0.3, 0.4) is 0 Å². The predicted molar refractivity (Wildman–Crippen MR) is 36.6 cm³/mol. The normalized spacial score (nSPS) is 8.00. The van der Waals surface area contributed by atoms with E-state index < -0.39 is 5.91 Å². The highest BCUT2D eigenvalue weighted by molar-refractivity contribution is 5.90. The van der Waals surface area contributed by atoms with Crippen LogP contribution >= 0.6 is 12.4 Å². The average Bonchev–Trinajstić information content (AvgIpc) is 2.12. The number of hydrogen-bond donors (Lipinski definition) is 2. The Kier molecular flexibility index (Phi) is 2.81. The first-order valence-corrected chi connectivity index (χ1v) is 2.24. The standard InChI is InChI=1S/C5H6N2O.ClH/c6-5(8)4-2-1-3-7-4;/h1-3,7H,(H2,6,8);1H. The van der Waals surface area contributed by atoms with Gasteiger partial charge in [-0.2, -0.15) is 0 Å². The molecule has 3 nitrogen and oxygen atoms in total. The molecule has 1 amide bonds. The molecule has 0 saturated carbocycles. The minimum atomic E-state index is -0.421. The number of aromatic amines is 1. The van der Waals surface area contributed by atoms with Crippen LogP contribution in [0.4, 0.5) is 0 Å². The third-order valence-electron chi connectivity index (χ3n) is 0.863. The van der Waals surface area contributed by atoms with Crippen LogP contribution in [0.15, 0.2) is 18.3 Å². The fourth-order valence-electron chi connectivity index (χ4n) is 0.484. The molecule has 1 rings (SSSR count). The molecule has 0 atom stereocenters. The molecule has 0 aromatic carbocycles. The number of aromatic nitrogens is 1. The number of amides is 1. The van der Waals surface area contributed by atoms with Crippen molar-refractivity contribution in [1.82, 2.24) is 4.98 Å². The number of H-pyrrole nitrogens is 1. The molecule has 1 aromatic rings. The Morgan fingerprint density at radius 3 is 2.56 bits per heavy atom. The SMILES string of the molecule is Cl.NC(=O)c1ccc[nH]1. The van der Waals surface area contributed by atoms with Crippen LogP contribution in [0.2, 0.25) is 0 Å². The van der Waals surface area contributed by atoms with Gasteiger partial charge in [-0.15, -0.1) is 12.4 Å². The van der Waals surface area contributed by atoms with Crippen molar-refractivity contribution < 1.29 is 4.79 Å². The van der Waals surface area contributed by atoms with Crippen LogP contribution in [0.5, 0.6) is 0 Å². The van der Waals surface area contributed by atoms with Crippen LogP contribution in [0, 0.1) is 0 Å². The highest BCUT2D eigenvalue weighted by Crippen LogP contribution is 1.89. The van der Waals surface area contributed by atoms with Gasteiger partial charge in [0.05, 0.1) is 0 Å². The Morgan fingerprint density at radius 2 is 2.33 bits per heavy atom. The lowest BCUT2D eigenvalue weighted by Gasteiger charge is -1.82. The van der Waals surface area contributed by atoms with Crippen LogP contribution < -0.4 is 5.73 Å². The minimum Gasteiger partial charge on any atom is -0.364 e. The lowest BCUT2D eigenvalue weighted by Crippen LogP contribution is -2.10. The van der Waals surface area contributed by atoms with Gasteiger partial charge in [0.2, 0.25) is 0 Å². The van der Waals surface area contributed by atoms with Crippen molar-refractivity contribution in [3.63, 3.8) is 0 Å². The maximum absolute atomic E-state index is 10.3. The van der Waals surface area contributed by atoms with Gasteiger partial charge in [0, 0.05) is 6.20 Å². The summed E-state index contributed by atoms with van der Waals surface area (Å²) in [6, 6.07) is 3.35. The molecule has 0 aliphatic heterocycles. The number of halogens is 1. The third kappa shape index (κ3) is 1.77. The van der Waals surface area contributed by atoms with E-state index in [1.807, 2.05) is 0 Å². The van der Waals surface area contributed by atoms with E-state index in [0.717, 1.165) is 0 Å². The van der Waals surface area contributed by atoms with E-state index in [1.54, 1.807) is 18.3 Å². The molecule has 4 heteroatoms. The lowest BCUT2D eigenvalue weighted by molar-refractivity contribution is 0.0996. The Balaban J connectivity index is 0.000000640. The summed E-state index contributed by atoms with van der Waals surface area (Å²) in [6.07, 6.45) is 1.65. The molecule has 0 aliphatic rings. The Bertz CT molecular complexity index is 183. The number of nitrogens with two attached hydrogens (primary N) is 1. The van der Waals surface area contributed by atoms with E-state index in [2.05, 4.69) is 4.98 Å². The number of primary amides is 1. The van der Waals surface area contributed by atoms with E-state index in [9.17, 15) is 4.79 Å². The molecule has 0 fully saturated rings. The lowest BCUT2D eigenvalue weighted by atomic mass is 10.4. The Labute approximate surface area is 58.7 Å². The topological polar surface area (TPSA) is 58.9 Å². The summed E-state index contributed by atoms with van der Waals surface area (Å²) in [4.78, 5) is 12.9. The second-order valence-corrected chi connectivity index (χ2v) is 1.45. The quantitative estimate of drug-likeness (QED) is 0.597. The number of nitrogens with one attached hydrogen (secondary N) is 1. The summed E-state index contributed by atoms with van der Waals surface area (Å²) in [5.74, 6) is -0.421. The highest BCUT2D eigenvalue weighted by atomic mass is 35.5. The van der Waals surface area contributed by atoms with E-state index in [4.69, 9.17) is 5.73 Å². The summed E-state index contributed by atoms with van der Waals surface area (Å²) in [5.41, 5.74) is 5.34. The van der Waals surface area contributed by atoms with E-state index in [-0.39, 0.29) is 12.4 Å². The number of carbonyl (C=O) groups excluding carboxylic acids is 1. The first-order valence-electron chi connectivity index (χ1n) is 2.24. The van der Waals surface area contributed by atoms with Gasteiger partial charge in [-0.25, -0.2) is 0 Å². The van der Waals surface area contributed by atoms with Crippen molar-refractivity contribution in [3.05, 3.63) is 24.0 Å². The monoisotopic (exact) mass is 146 g/mol. The number of hydrogen-bond acceptors (Lipinski definition) is 1. The summed E-state index contributed by atoms with van der Waals surface area (Å²) in [5, 5.41) is 0. The molecule has 1 heterocycles. The van der Waals surface area contributed by atoms with Gasteiger partial charge in [0.1, 0.15) is 5.69 Å². The molecule has 0 aliphatic carbocycles. The van der Waals surface area contributed by atoms with Crippen molar-refractivity contribution in [1.29, 1.82) is 0 Å². The zero-order valence-electron chi connectivity index (χ0n) is 4.63. The number of rotatable bonds is 1. The zero-order valence-corrected chi connectivity index (χ0v) is 5.44. The third-order valence-corrected chi connectivity index (χ3v) is 0.863. The molecule has 0 bridgehead atoms. The molecule has 0 saturated heterocycles. The summed E-state index contributed by atoms with van der Waals surface area (Å²) >= 11 is 0. The molecule has 1 aromatic heterocycles. The minimum absolute atomic E-state index is 0. The predicted octanol–water partition coefficient (Wildman–Crippen LogP) is 0.535. The summed E-state index contributed by atoms with van der Waals surface area (Å²) in [7, 11) is 0. The molecule has 0 unspecified atom stereocenters. The van der Waals surface area contributed by atoms with Crippen molar-refractivity contribution in [2.24, 2.45) is 5.73 Å². The van der Waals surface area contributed by atoms with Crippen LogP contribution in [-0.4, -0.2) is 10.9 Å². The van der Waals surface area contributed by atoms with Crippen molar-refractivity contribution in [3.8, 4) is 0 Å². The molecular weight excluding hydrogens is 140 g/mol. The zero-order chi connectivity index (χ0) is 5.98. The fraction of sp³-hybridized carbons (Fsp3) is 0. The van der Waals surface area contributed by atoms with Gasteiger partial charge in [0.25, 0.3) is 5.91 Å². The summed E-state index contributed by atoms with van der Waals surface area (Å²) < 4.78 is 0. The van der Waals surface area contributed by atoms with E-state index in [1.165, 1.54) is 0 Å². The van der Waals surface area contributed by atoms with Crippen LogP contribution in [0.1, 0.15) is 10.5 Å². The number of carbonyl (C=O) groups is 1. The fourth-order valence-corrected chi connectivity index (χ4v) is 0.484. The summed E-state index contributed by atoms with van der Waals surface area (Å²) in [6.45, 7) is 0. The first kappa shape index (κ1) is 8.04. The second kappa shape index (κ2) is 3.14. The highest BCUT2D eigenvalue weighted by Gasteiger charge is 1.95. The molecule has 50 valence electrons. The molecule has 3 N–H and O–H groups in total. The average molecular weight is 147 g/mol. The van der Waals surface area contributed by atoms with Crippen molar-refractivity contribution in [2.45, 2.75) is 0 Å². The van der Waals surface area contributed by atoms with Gasteiger partial charge in [-0.05, 0) is 12.1 Å². The van der Waals surface area contributed by atoms with Crippen molar-refractivity contribution >= 4 is 18.3 Å². The molecule has 0 spiro atoms. The maximum Gasteiger partial charge on any atom is 0.265 e. The van der Waals surface area contributed by atoms with Crippen LogP contribution in [-0.2, 0) is 0 Å². The largest absolute Gasteiger partial charge is 0.364 e. The maximum atomic E-state index is 10.3. The van der Waals surface area contributed by atoms with Crippen LogP contribution in [0.25, 0.3) is 0 Å². The van der Waals surface area contributed by atoms with Gasteiger partial charge >= 0.3 is 0 Å². The van der Waals surface area contributed by atoms with Gasteiger partial charge in [-0.1, -0.05) is 0 Å². The molecular formula is C5H7ClN2O. The Hall–Kier alpha value is -0.960. The van der Waals surface area contributed by atoms with Crippen molar-refractivity contribution in [2.75, 3.05) is 0 Å². The van der Waals surface area contributed by atoms with Gasteiger partial charge in [0.15, 0.2) is 0 Å².